The van der Waals surface area contributed by atoms with Gasteiger partial charge >= 0.3 is 0 Å². The molecular formula is C25H32N2O. The van der Waals surface area contributed by atoms with Crippen LogP contribution in [0.4, 0.5) is 0 Å². The van der Waals surface area contributed by atoms with Crippen molar-refractivity contribution >= 4 is 11.6 Å². The van der Waals surface area contributed by atoms with Crippen LogP contribution < -0.4 is 5.43 Å². The highest BCUT2D eigenvalue weighted by Crippen LogP contribution is 2.47. The van der Waals surface area contributed by atoms with Gasteiger partial charge in [0.15, 0.2) is 0 Å². The average Bonchev–Trinajstić information content (AvgIpc) is 3.46. The number of nitrogens with one attached hydrogen (secondary N) is 1. The standard InChI is InChI=1S/C25H32N2O/c1-16(2)18-7-9-19(10-8-18)17(3)26-27-24(28)23-15-22(23)20-11-13-21(14-12-20)25(4,5)6/h7-14,16,22-23H,15H2,1-6H3,(H,27,28)/b26-17-/t22-,23-/m1/s1. The Balaban J connectivity index is 1.58. The van der Waals surface area contributed by atoms with Gasteiger partial charge in [-0.3, -0.25) is 4.79 Å². The first-order valence-corrected chi connectivity index (χ1v) is 10.2. The number of hydrazone groups is 1. The second-order valence-corrected chi connectivity index (χ2v) is 9.27. The van der Waals surface area contributed by atoms with Crippen LogP contribution in [0.15, 0.2) is 53.6 Å². The van der Waals surface area contributed by atoms with Gasteiger partial charge in [-0.05, 0) is 52.8 Å². The first kappa shape index (κ1) is 20.3. The van der Waals surface area contributed by atoms with Crippen LogP contribution in [0, 0.1) is 5.92 Å². The SMILES string of the molecule is C/C(=N/NC(=O)[C@@H]1C[C@@H]1c1ccc(C(C)(C)C)cc1)c1ccc(C(C)C)cc1. The molecule has 2 aromatic carbocycles. The monoisotopic (exact) mass is 376 g/mol. The number of hydrogen-bond donors (Lipinski definition) is 1. The van der Waals surface area contributed by atoms with E-state index in [2.05, 4.69) is 93.7 Å². The summed E-state index contributed by atoms with van der Waals surface area (Å²) in [4.78, 5) is 12.5. The number of carbonyl (C=O) groups excluding carboxylic acids is 1. The van der Waals surface area contributed by atoms with Gasteiger partial charge in [-0.1, -0.05) is 83.1 Å². The Bertz CT molecular complexity index is 855. The Labute approximate surface area is 169 Å². The van der Waals surface area contributed by atoms with Crippen LogP contribution >= 0.6 is 0 Å². The van der Waals surface area contributed by atoms with E-state index in [0.717, 1.165) is 17.7 Å². The largest absolute Gasteiger partial charge is 0.273 e. The van der Waals surface area contributed by atoms with Crippen LogP contribution in [-0.2, 0) is 10.2 Å². The van der Waals surface area contributed by atoms with Crippen LogP contribution in [0.2, 0.25) is 0 Å². The maximum Gasteiger partial charge on any atom is 0.243 e. The van der Waals surface area contributed by atoms with E-state index >= 15 is 0 Å². The molecule has 0 saturated heterocycles. The van der Waals surface area contributed by atoms with E-state index in [-0.39, 0.29) is 17.2 Å². The van der Waals surface area contributed by atoms with E-state index < -0.39 is 0 Å². The highest BCUT2D eigenvalue weighted by atomic mass is 16.2. The molecule has 28 heavy (non-hydrogen) atoms. The molecule has 1 N–H and O–H groups in total. The summed E-state index contributed by atoms with van der Waals surface area (Å²) < 4.78 is 0. The normalized spacial score (nSPS) is 19.6. The highest BCUT2D eigenvalue weighted by Gasteiger charge is 2.44. The van der Waals surface area contributed by atoms with Crippen molar-refractivity contribution in [3.05, 3.63) is 70.8 Å². The Hall–Kier alpha value is -2.42. The summed E-state index contributed by atoms with van der Waals surface area (Å²) in [5.41, 5.74) is 8.66. The minimum atomic E-state index is 0.0167. The maximum absolute atomic E-state index is 12.5. The lowest BCUT2D eigenvalue weighted by atomic mass is 9.86. The van der Waals surface area contributed by atoms with Gasteiger partial charge in [0, 0.05) is 5.92 Å². The van der Waals surface area contributed by atoms with Gasteiger partial charge in [0.05, 0.1) is 5.71 Å². The first-order chi connectivity index (χ1) is 13.2. The summed E-state index contributed by atoms with van der Waals surface area (Å²) in [6.07, 6.45) is 0.901. The van der Waals surface area contributed by atoms with Crippen molar-refractivity contribution in [1.29, 1.82) is 0 Å². The highest BCUT2D eigenvalue weighted by molar-refractivity contribution is 5.99. The van der Waals surface area contributed by atoms with E-state index in [1.807, 2.05) is 6.92 Å². The van der Waals surface area contributed by atoms with Gasteiger partial charge < -0.3 is 0 Å². The minimum absolute atomic E-state index is 0.0167. The predicted molar refractivity (Wildman–Crippen MR) is 117 cm³/mol. The smallest absolute Gasteiger partial charge is 0.243 e. The lowest BCUT2D eigenvalue weighted by Gasteiger charge is -2.19. The number of carbonyl (C=O) groups is 1. The topological polar surface area (TPSA) is 41.5 Å². The van der Waals surface area contributed by atoms with E-state index in [4.69, 9.17) is 0 Å². The lowest BCUT2D eigenvalue weighted by molar-refractivity contribution is -0.122. The van der Waals surface area contributed by atoms with Gasteiger partial charge in [-0.15, -0.1) is 0 Å². The Morgan fingerprint density at radius 1 is 1.04 bits per heavy atom. The van der Waals surface area contributed by atoms with E-state index in [1.165, 1.54) is 16.7 Å². The molecule has 1 aliphatic carbocycles. The van der Waals surface area contributed by atoms with Gasteiger partial charge in [0.25, 0.3) is 0 Å². The van der Waals surface area contributed by atoms with Crippen molar-refractivity contribution in [2.45, 2.75) is 65.2 Å². The molecule has 3 rings (SSSR count). The number of amides is 1. The second-order valence-electron chi connectivity index (χ2n) is 9.27. The van der Waals surface area contributed by atoms with E-state index in [9.17, 15) is 4.79 Å². The number of nitrogens with zero attached hydrogens (tertiary/aromatic N) is 1. The molecule has 3 heteroatoms. The van der Waals surface area contributed by atoms with Crippen molar-refractivity contribution in [2.24, 2.45) is 11.0 Å². The van der Waals surface area contributed by atoms with Crippen LogP contribution in [0.25, 0.3) is 0 Å². The third-order valence-corrected chi connectivity index (χ3v) is 5.66. The molecule has 0 aliphatic heterocycles. The summed E-state index contributed by atoms with van der Waals surface area (Å²) in [5, 5.41) is 4.32. The summed E-state index contributed by atoms with van der Waals surface area (Å²) >= 11 is 0. The van der Waals surface area contributed by atoms with Crippen molar-refractivity contribution in [1.82, 2.24) is 5.43 Å². The number of hydrogen-bond acceptors (Lipinski definition) is 2. The molecule has 1 aliphatic rings. The molecule has 3 nitrogen and oxygen atoms in total. The van der Waals surface area contributed by atoms with E-state index in [0.29, 0.717) is 11.8 Å². The van der Waals surface area contributed by atoms with Crippen molar-refractivity contribution in [3.63, 3.8) is 0 Å². The molecule has 1 fully saturated rings. The van der Waals surface area contributed by atoms with Gasteiger partial charge in [0.1, 0.15) is 0 Å². The molecule has 0 bridgehead atoms. The fourth-order valence-electron chi connectivity index (χ4n) is 3.48. The minimum Gasteiger partial charge on any atom is -0.273 e. The molecule has 2 atom stereocenters. The summed E-state index contributed by atoms with van der Waals surface area (Å²) in [6.45, 7) is 12.9. The zero-order chi connectivity index (χ0) is 20.5. The van der Waals surface area contributed by atoms with E-state index in [1.54, 1.807) is 0 Å². The quantitative estimate of drug-likeness (QED) is 0.524. The Morgan fingerprint density at radius 2 is 1.64 bits per heavy atom. The van der Waals surface area contributed by atoms with Gasteiger partial charge in [0.2, 0.25) is 5.91 Å². The first-order valence-electron chi connectivity index (χ1n) is 10.2. The summed E-state index contributed by atoms with van der Waals surface area (Å²) in [5.74, 6) is 0.869. The third-order valence-electron chi connectivity index (χ3n) is 5.66. The van der Waals surface area contributed by atoms with Gasteiger partial charge in [-0.2, -0.15) is 5.10 Å². The fourth-order valence-corrected chi connectivity index (χ4v) is 3.48. The van der Waals surface area contributed by atoms with Crippen LogP contribution in [-0.4, -0.2) is 11.6 Å². The Kier molecular flexibility index (Phi) is 5.74. The zero-order valence-corrected chi connectivity index (χ0v) is 17.9. The molecule has 0 radical (unpaired) electrons. The molecule has 1 amide bonds. The summed E-state index contributed by atoms with van der Waals surface area (Å²) in [7, 11) is 0. The predicted octanol–water partition coefficient (Wildman–Crippen LogP) is 5.75. The summed E-state index contributed by atoms with van der Waals surface area (Å²) in [6, 6.07) is 17.1. The van der Waals surface area contributed by atoms with Gasteiger partial charge in [-0.25, -0.2) is 5.43 Å². The molecule has 0 aromatic heterocycles. The lowest BCUT2D eigenvalue weighted by Crippen LogP contribution is -2.21. The maximum atomic E-state index is 12.5. The number of rotatable bonds is 5. The van der Waals surface area contributed by atoms with Crippen molar-refractivity contribution < 1.29 is 4.79 Å². The third kappa shape index (κ3) is 4.70. The molecule has 2 aromatic rings. The molecule has 0 unspecified atom stereocenters. The Morgan fingerprint density at radius 3 is 2.18 bits per heavy atom. The van der Waals surface area contributed by atoms with Crippen molar-refractivity contribution in [2.75, 3.05) is 0 Å². The molecule has 148 valence electrons. The second kappa shape index (κ2) is 7.90. The average molecular weight is 377 g/mol. The van der Waals surface area contributed by atoms with Crippen molar-refractivity contribution in [3.8, 4) is 0 Å². The molecular weight excluding hydrogens is 344 g/mol. The van der Waals surface area contributed by atoms with Crippen LogP contribution in [0.5, 0.6) is 0 Å². The number of benzene rings is 2. The van der Waals surface area contributed by atoms with Crippen LogP contribution in [0.1, 0.15) is 82.1 Å². The fraction of sp³-hybridized carbons (Fsp3) is 0.440. The van der Waals surface area contributed by atoms with Crippen LogP contribution in [0.3, 0.4) is 0 Å². The molecule has 0 spiro atoms. The zero-order valence-electron chi connectivity index (χ0n) is 17.9. The molecule has 0 heterocycles. The molecule has 1 saturated carbocycles.